The lowest BCUT2D eigenvalue weighted by atomic mass is 10.1. The molecule has 3 aromatic rings. The van der Waals surface area contributed by atoms with Gasteiger partial charge in [0.15, 0.2) is 5.82 Å². The highest BCUT2D eigenvalue weighted by Gasteiger charge is 2.10. The Morgan fingerprint density at radius 1 is 0.952 bits per heavy atom. The van der Waals surface area contributed by atoms with Crippen LogP contribution in [0.2, 0.25) is 5.02 Å². The van der Waals surface area contributed by atoms with Crippen molar-refractivity contribution in [2.45, 2.75) is 0 Å². The first-order valence-corrected chi connectivity index (χ1v) is 6.74. The molecule has 0 N–H and O–H groups in total. The zero-order chi connectivity index (χ0) is 14.7. The minimum Gasteiger partial charge on any atom is -0.235 e. The van der Waals surface area contributed by atoms with E-state index in [1.54, 1.807) is 18.3 Å². The molecule has 0 saturated heterocycles. The number of benzene rings is 2. The molecule has 1 aromatic heterocycles. The molecule has 0 fully saturated rings. The van der Waals surface area contributed by atoms with Gasteiger partial charge < -0.3 is 0 Å². The van der Waals surface area contributed by atoms with Gasteiger partial charge in [-0.1, -0.05) is 54.1 Å². The zero-order valence-corrected chi connectivity index (χ0v) is 11.7. The Balaban J connectivity index is 2.17. The third-order valence-corrected chi connectivity index (χ3v) is 3.27. The number of halogens is 1. The van der Waals surface area contributed by atoms with E-state index in [0.29, 0.717) is 22.1 Å². The summed E-state index contributed by atoms with van der Waals surface area (Å²) in [6.07, 6.45) is 1.55. The van der Waals surface area contributed by atoms with E-state index in [1.807, 2.05) is 42.5 Å². The Morgan fingerprint density at radius 3 is 2.43 bits per heavy atom. The molecule has 0 unspecified atom stereocenters. The third-order valence-electron chi connectivity index (χ3n) is 3.04. The topological polar surface area (TPSA) is 49.6 Å². The lowest BCUT2D eigenvalue weighted by Gasteiger charge is -2.06. The maximum Gasteiger partial charge on any atom is 0.159 e. The maximum atomic E-state index is 9.25. The van der Waals surface area contributed by atoms with E-state index in [9.17, 15) is 5.26 Å². The summed E-state index contributed by atoms with van der Waals surface area (Å²) in [5.41, 5.74) is 2.73. The highest BCUT2D eigenvalue weighted by atomic mass is 35.5. The summed E-state index contributed by atoms with van der Waals surface area (Å²) in [6, 6.07) is 19.1. The van der Waals surface area contributed by atoms with E-state index in [-0.39, 0.29) is 0 Å². The lowest BCUT2D eigenvalue weighted by molar-refractivity contribution is 1.16. The van der Waals surface area contributed by atoms with Crippen LogP contribution in [-0.2, 0) is 0 Å². The molecule has 0 atom stereocenters. The van der Waals surface area contributed by atoms with Gasteiger partial charge in [0.25, 0.3) is 0 Å². The van der Waals surface area contributed by atoms with Gasteiger partial charge in [-0.3, -0.25) is 0 Å². The Hall–Kier alpha value is -2.70. The molecule has 0 aliphatic heterocycles. The van der Waals surface area contributed by atoms with Gasteiger partial charge in [-0.25, -0.2) is 9.97 Å². The van der Waals surface area contributed by atoms with Crippen molar-refractivity contribution >= 4 is 11.6 Å². The summed E-state index contributed by atoms with van der Waals surface area (Å²) in [5.74, 6) is 0.588. The predicted molar refractivity (Wildman–Crippen MR) is 82.6 cm³/mol. The number of hydrogen-bond acceptors (Lipinski definition) is 3. The standard InChI is InChI=1S/C17H10ClN3/c18-15-8-4-7-13(9-15)16-14(10-19)11-20-17(21-16)12-5-2-1-3-6-12/h1-9,11H. The van der Waals surface area contributed by atoms with Crippen LogP contribution in [0.1, 0.15) is 5.56 Å². The molecule has 3 rings (SSSR count). The molecule has 2 aromatic carbocycles. The van der Waals surface area contributed by atoms with Crippen LogP contribution in [0.5, 0.6) is 0 Å². The summed E-state index contributed by atoms with van der Waals surface area (Å²) in [6.45, 7) is 0. The van der Waals surface area contributed by atoms with Crippen molar-refractivity contribution in [1.82, 2.24) is 9.97 Å². The number of nitrogens with zero attached hydrogens (tertiary/aromatic N) is 3. The summed E-state index contributed by atoms with van der Waals surface area (Å²) < 4.78 is 0. The number of rotatable bonds is 2. The van der Waals surface area contributed by atoms with Crippen LogP contribution in [0.3, 0.4) is 0 Å². The number of hydrogen-bond donors (Lipinski definition) is 0. The van der Waals surface area contributed by atoms with Crippen LogP contribution in [0.25, 0.3) is 22.6 Å². The van der Waals surface area contributed by atoms with Crippen LogP contribution >= 0.6 is 11.6 Å². The highest BCUT2D eigenvalue weighted by molar-refractivity contribution is 6.30. The van der Waals surface area contributed by atoms with E-state index in [1.165, 1.54) is 0 Å². The van der Waals surface area contributed by atoms with Crippen LogP contribution in [0.15, 0.2) is 60.8 Å². The minimum absolute atomic E-state index is 0.428. The molecule has 4 heteroatoms. The summed E-state index contributed by atoms with van der Waals surface area (Å²) >= 11 is 6.02. The smallest absolute Gasteiger partial charge is 0.159 e. The molecule has 3 nitrogen and oxygen atoms in total. The predicted octanol–water partition coefficient (Wildman–Crippen LogP) is 4.34. The second kappa shape index (κ2) is 5.74. The Kier molecular flexibility index (Phi) is 3.63. The molecule has 0 spiro atoms. The molecular formula is C17H10ClN3. The van der Waals surface area contributed by atoms with Gasteiger partial charge in [0, 0.05) is 22.3 Å². The molecule has 0 radical (unpaired) electrons. The van der Waals surface area contributed by atoms with Crippen LogP contribution < -0.4 is 0 Å². The van der Waals surface area contributed by atoms with Crippen molar-refractivity contribution in [3.63, 3.8) is 0 Å². The van der Waals surface area contributed by atoms with Crippen LogP contribution in [-0.4, -0.2) is 9.97 Å². The van der Waals surface area contributed by atoms with Gasteiger partial charge in [-0.05, 0) is 12.1 Å². The monoisotopic (exact) mass is 291 g/mol. The summed E-state index contributed by atoms with van der Waals surface area (Å²) in [4.78, 5) is 8.79. The fourth-order valence-corrected chi connectivity index (χ4v) is 2.24. The third kappa shape index (κ3) is 2.76. The average Bonchev–Trinajstić information content (AvgIpc) is 2.55. The molecule has 0 saturated carbocycles. The molecule has 0 amide bonds. The summed E-state index contributed by atoms with van der Waals surface area (Å²) in [5, 5.41) is 9.86. The largest absolute Gasteiger partial charge is 0.235 e. The van der Waals surface area contributed by atoms with Crippen molar-refractivity contribution in [3.8, 4) is 28.7 Å². The average molecular weight is 292 g/mol. The molecule has 21 heavy (non-hydrogen) atoms. The van der Waals surface area contributed by atoms with E-state index in [4.69, 9.17) is 11.6 Å². The normalized spacial score (nSPS) is 10.1. The van der Waals surface area contributed by atoms with Gasteiger partial charge in [0.1, 0.15) is 6.07 Å². The molecular weight excluding hydrogens is 282 g/mol. The Morgan fingerprint density at radius 2 is 1.71 bits per heavy atom. The second-order valence-corrected chi connectivity index (χ2v) is 4.88. The first-order chi connectivity index (χ1) is 10.3. The molecule has 0 bridgehead atoms. The minimum atomic E-state index is 0.428. The highest BCUT2D eigenvalue weighted by Crippen LogP contribution is 2.26. The summed E-state index contributed by atoms with van der Waals surface area (Å²) in [7, 11) is 0. The molecule has 0 aliphatic carbocycles. The Labute approximate surface area is 127 Å². The molecule has 1 heterocycles. The van der Waals surface area contributed by atoms with Gasteiger partial charge in [0.2, 0.25) is 0 Å². The number of aromatic nitrogens is 2. The first kappa shape index (κ1) is 13.3. The quantitative estimate of drug-likeness (QED) is 0.706. The number of nitriles is 1. The lowest BCUT2D eigenvalue weighted by Crippen LogP contribution is -1.95. The van der Waals surface area contributed by atoms with E-state index < -0.39 is 0 Å². The first-order valence-electron chi connectivity index (χ1n) is 6.36. The Bertz CT molecular complexity index is 823. The van der Waals surface area contributed by atoms with Crippen molar-refractivity contribution in [3.05, 3.63) is 71.4 Å². The van der Waals surface area contributed by atoms with Crippen molar-refractivity contribution in [2.75, 3.05) is 0 Å². The molecule has 0 aliphatic rings. The fraction of sp³-hybridized carbons (Fsp3) is 0. The van der Waals surface area contributed by atoms with Crippen LogP contribution in [0, 0.1) is 11.3 Å². The van der Waals surface area contributed by atoms with Crippen molar-refractivity contribution in [1.29, 1.82) is 5.26 Å². The van der Waals surface area contributed by atoms with E-state index >= 15 is 0 Å². The van der Waals surface area contributed by atoms with Gasteiger partial charge in [-0.15, -0.1) is 0 Å². The zero-order valence-electron chi connectivity index (χ0n) is 11.0. The van der Waals surface area contributed by atoms with Crippen molar-refractivity contribution in [2.24, 2.45) is 0 Å². The molecule has 100 valence electrons. The van der Waals surface area contributed by atoms with Gasteiger partial charge >= 0.3 is 0 Å². The fourth-order valence-electron chi connectivity index (χ4n) is 2.05. The maximum absolute atomic E-state index is 9.25. The second-order valence-electron chi connectivity index (χ2n) is 4.44. The van der Waals surface area contributed by atoms with Crippen molar-refractivity contribution < 1.29 is 0 Å². The van der Waals surface area contributed by atoms with Gasteiger partial charge in [-0.2, -0.15) is 5.26 Å². The van der Waals surface area contributed by atoms with Crippen LogP contribution in [0.4, 0.5) is 0 Å². The van der Waals surface area contributed by atoms with E-state index in [0.717, 1.165) is 11.1 Å². The SMILES string of the molecule is N#Cc1cnc(-c2ccccc2)nc1-c1cccc(Cl)c1. The van der Waals surface area contributed by atoms with E-state index in [2.05, 4.69) is 16.0 Å². The van der Waals surface area contributed by atoms with Gasteiger partial charge in [0.05, 0.1) is 11.3 Å².